The Morgan fingerprint density at radius 2 is 1.96 bits per heavy atom. The zero-order valence-electron chi connectivity index (χ0n) is 14.1. The van der Waals surface area contributed by atoms with Gasteiger partial charge in [0, 0.05) is 29.2 Å². The van der Waals surface area contributed by atoms with Crippen LogP contribution in [-0.2, 0) is 17.8 Å². The van der Waals surface area contributed by atoms with Crippen LogP contribution >= 0.6 is 0 Å². The van der Waals surface area contributed by atoms with E-state index in [0.29, 0.717) is 17.3 Å². The van der Waals surface area contributed by atoms with Gasteiger partial charge in [0.05, 0.1) is 16.7 Å². The molecule has 0 aliphatic carbocycles. The molecule has 4 aromatic rings. The highest BCUT2D eigenvalue weighted by Gasteiger charge is 2.17. The monoisotopic (exact) mass is 349 g/mol. The number of aromatic nitrogens is 3. The third kappa shape index (κ3) is 2.79. The summed E-state index contributed by atoms with van der Waals surface area (Å²) >= 11 is 0. The molecule has 0 saturated heterocycles. The van der Waals surface area contributed by atoms with Gasteiger partial charge in [-0.1, -0.05) is 12.1 Å². The Morgan fingerprint density at radius 3 is 2.73 bits per heavy atom. The first-order chi connectivity index (χ1) is 12.5. The van der Waals surface area contributed by atoms with Gasteiger partial charge in [0.25, 0.3) is 0 Å². The van der Waals surface area contributed by atoms with Crippen molar-refractivity contribution in [3.8, 4) is 0 Å². The van der Waals surface area contributed by atoms with Gasteiger partial charge >= 0.3 is 5.97 Å². The topological polar surface area (TPSA) is 68.0 Å². The molecule has 0 fully saturated rings. The number of nitrogens with zero attached hydrogens (tertiary/aromatic N) is 3. The van der Waals surface area contributed by atoms with E-state index in [1.54, 1.807) is 16.8 Å². The number of hydrogen-bond donors (Lipinski definition) is 1. The number of carboxylic acids is 1. The molecule has 0 amide bonds. The molecule has 0 atom stereocenters. The predicted octanol–water partition coefficient (Wildman–Crippen LogP) is 3.71. The second-order valence-corrected chi connectivity index (χ2v) is 6.23. The zero-order valence-corrected chi connectivity index (χ0v) is 14.1. The highest BCUT2D eigenvalue weighted by molar-refractivity contribution is 5.87. The molecule has 0 radical (unpaired) electrons. The minimum absolute atomic E-state index is 0.169. The Kier molecular flexibility index (Phi) is 3.88. The molecule has 2 aromatic carbocycles. The molecule has 2 aromatic heterocycles. The summed E-state index contributed by atoms with van der Waals surface area (Å²) in [6.45, 7) is 1.68. The van der Waals surface area contributed by atoms with Crippen LogP contribution in [0, 0.1) is 12.7 Å². The molecular weight excluding hydrogens is 333 g/mol. The van der Waals surface area contributed by atoms with Crippen LogP contribution in [0.1, 0.15) is 17.0 Å². The van der Waals surface area contributed by atoms with E-state index in [-0.39, 0.29) is 12.4 Å². The van der Waals surface area contributed by atoms with Crippen molar-refractivity contribution < 1.29 is 14.3 Å². The summed E-state index contributed by atoms with van der Waals surface area (Å²) in [4.78, 5) is 20.3. The summed E-state index contributed by atoms with van der Waals surface area (Å²) in [7, 11) is 0. The molecule has 0 unspecified atom stereocenters. The minimum atomic E-state index is -0.939. The smallest absolute Gasteiger partial charge is 0.323 e. The number of benzene rings is 2. The molecule has 1 N–H and O–H groups in total. The van der Waals surface area contributed by atoms with Crippen LogP contribution in [0.2, 0.25) is 0 Å². The van der Waals surface area contributed by atoms with Crippen molar-refractivity contribution in [3.63, 3.8) is 0 Å². The number of fused-ring (bicyclic) bond motifs is 2. The first-order valence-electron chi connectivity index (χ1n) is 8.22. The van der Waals surface area contributed by atoms with Crippen molar-refractivity contribution in [1.29, 1.82) is 0 Å². The molecular formula is C20H16FN3O2. The quantitative estimate of drug-likeness (QED) is 0.610. The maximum atomic E-state index is 13.8. The van der Waals surface area contributed by atoms with Crippen LogP contribution in [0.3, 0.4) is 0 Å². The molecule has 0 aliphatic heterocycles. The van der Waals surface area contributed by atoms with Gasteiger partial charge < -0.3 is 9.67 Å². The van der Waals surface area contributed by atoms with Crippen molar-refractivity contribution in [2.45, 2.75) is 19.9 Å². The maximum absolute atomic E-state index is 13.8. The van der Waals surface area contributed by atoms with Gasteiger partial charge in [-0.05, 0) is 42.8 Å². The fourth-order valence-electron chi connectivity index (χ4n) is 3.35. The van der Waals surface area contributed by atoms with Crippen molar-refractivity contribution in [2.24, 2.45) is 0 Å². The first kappa shape index (κ1) is 16.2. The fraction of sp³-hybridized carbons (Fsp3) is 0.150. The number of aliphatic carboxylic acids is 1. The minimum Gasteiger partial charge on any atom is -0.480 e. The lowest BCUT2D eigenvalue weighted by atomic mass is 10.1. The van der Waals surface area contributed by atoms with Gasteiger partial charge in [-0.3, -0.25) is 9.78 Å². The maximum Gasteiger partial charge on any atom is 0.323 e. The van der Waals surface area contributed by atoms with E-state index in [4.69, 9.17) is 0 Å². The van der Waals surface area contributed by atoms with Gasteiger partial charge in [0.2, 0.25) is 0 Å². The van der Waals surface area contributed by atoms with E-state index in [9.17, 15) is 14.3 Å². The van der Waals surface area contributed by atoms with Crippen molar-refractivity contribution in [3.05, 3.63) is 71.4 Å². The number of para-hydroxylation sites is 2. The van der Waals surface area contributed by atoms with Crippen LogP contribution in [0.25, 0.3) is 21.9 Å². The van der Waals surface area contributed by atoms with Crippen molar-refractivity contribution in [1.82, 2.24) is 14.5 Å². The van der Waals surface area contributed by atoms with Crippen LogP contribution < -0.4 is 0 Å². The largest absolute Gasteiger partial charge is 0.480 e. The average Bonchev–Trinajstić information content (AvgIpc) is 2.86. The van der Waals surface area contributed by atoms with Gasteiger partial charge in [-0.25, -0.2) is 9.37 Å². The van der Waals surface area contributed by atoms with E-state index in [1.807, 2.05) is 31.2 Å². The molecule has 6 heteroatoms. The molecule has 4 rings (SSSR count). The molecule has 5 nitrogen and oxygen atoms in total. The van der Waals surface area contributed by atoms with Gasteiger partial charge in [0.15, 0.2) is 0 Å². The van der Waals surface area contributed by atoms with E-state index >= 15 is 0 Å². The van der Waals surface area contributed by atoms with Crippen LogP contribution in [0.15, 0.2) is 48.7 Å². The van der Waals surface area contributed by atoms with E-state index in [0.717, 1.165) is 28.0 Å². The Hall–Kier alpha value is -3.28. The zero-order chi connectivity index (χ0) is 18.3. The van der Waals surface area contributed by atoms with Gasteiger partial charge in [0.1, 0.15) is 12.4 Å². The molecule has 2 heterocycles. The lowest BCUT2D eigenvalue weighted by Gasteiger charge is -2.06. The Bertz CT molecular complexity index is 1150. The fourth-order valence-corrected chi connectivity index (χ4v) is 3.35. The molecule has 130 valence electrons. The lowest BCUT2D eigenvalue weighted by molar-refractivity contribution is -0.137. The van der Waals surface area contributed by atoms with Gasteiger partial charge in [-0.2, -0.15) is 0 Å². The van der Waals surface area contributed by atoms with E-state index in [2.05, 4.69) is 9.97 Å². The van der Waals surface area contributed by atoms with E-state index < -0.39 is 5.97 Å². The second-order valence-electron chi connectivity index (χ2n) is 6.23. The van der Waals surface area contributed by atoms with Crippen LogP contribution in [0.4, 0.5) is 4.39 Å². The van der Waals surface area contributed by atoms with Gasteiger partial charge in [-0.15, -0.1) is 0 Å². The second kappa shape index (κ2) is 6.22. The Balaban J connectivity index is 1.85. The average molecular weight is 349 g/mol. The van der Waals surface area contributed by atoms with Crippen LogP contribution in [0.5, 0.6) is 0 Å². The highest BCUT2D eigenvalue weighted by atomic mass is 19.1. The molecule has 0 saturated carbocycles. The molecule has 0 spiro atoms. The van der Waals surface area contributed by atoms with Crippen LogP contribution in [-0.4, -0.2) is 25.6 Å². The van der Waals surface area contributed by atoms with Crippen molar-refractivity contribution in [2.75, 3.05) is 0 Å². The number of rotatable bonds is 4. The summed E-state index contributed by atoms with van der Waals surface area (Å²) in [5.74, 6) is -1.29. The lowest BCUT2D eigenvalue weighted by Crippen LogP contribution is -2.10. The standard InChI is InChI=1S/C20H16FN3O2/c1-12-15(9-14-10-22-17-4-2-3-5-18(17)23-14)16-8-13(21)6-7-19(16)24(12)11-20(25)26/h2-8,10H,9,11H2,1H3,(H,25,26). The number of carbonyl (C=O) groups is 1. The third-order valence-corrected chi connectivity index (χ3v) is 4.57. The summed E-state index contributed by atoms with van der Waals surface area (Å²) in [6.07, 6.45) is 2.16. The summed E-state index contributed by atoms with van der Waals surface area (Å²) in [5.41, 5.74) is 4.73. The van der Waals surface area contributed by atoms with E-state index in [1.165, 1.54) is 12.1 Å². The number of halogens is 1. The molecule has 0 aliphatic rings. The normalized spacial score (nSPS) is 11.3. The predicted molar refractivity (Wildman–Crippen MR) is 96.6 cm³/mol. The molecule has 0 bridgehead atoms. The third-order valence-electron chi connectivity index (χ3n) is 4.57. The summed E-state index contributed by atoms with van der Waals surface area (Å²) < 4.78 is 15.5. The number of hydrogen-bond acceptors (Lipinski definition) is 3. The summed E-state index contributed by atoms with van der Waals surface area (Å²) in [6, 6.07) is 12.0. The number of carboxylic acid groups (broad SMARTS) is 1. The first-order valence-corrected chi connectivity index (χ1v) is 8.22. The SMILES string of the molecule is Cc1c(Cc2cnc3ccccc3n2)c2cc(F)ccc2n1CC(=O)O. The van der Waals surface area contributed by atoms with Crippen molar-refractivity contribution >= 4 is 27.9 Å². The Morgan fingerprint density at radius 1 is 1.19 bits per heavy atom. The summed E-state index contributed by atoms with van der Waals surface area (Å²) in [5, 5.41) is 9.91. The molecule has 26 heavy (non-hydrogen) atoms. The Labute approximate surface area is 148 Å². The highest BCUT2D eigenvalue weighted by Crippen LogP contribution is 2.28.